The first-order valence-corrected chi connectivity index (χ1v) is 2.87. The summed E-state index contributed by atoms with van der Waals surface area (Å²) in [7, 11) is 0. The fourth-order valence-corrected chi connectivity index (χ4v) is 0.573. The molecule has 1 aromatic heterocycles. The molecule has 0 aliphatic heterocycles. The maximum atomic E-state index is 10.4. The van der Waals surface area contributed by atoms with E-state index in [0.717, 1.165) is 0 Å². The van der Waals surface area contributed by atoms with Gasteiger partial charge in [0.05, 0.1) is 6.20 Å². The Morgan fingerprint density at radius 1 is 1.64 bits per heavy atom. The summed E-state index contributed by atoms with van der Waals surface area (Å²) in [5, 5.41) is 0. The third-order valence-electron chi connectivity index (χ3n) is 0.896. The molecule has 0 bridgehead atoms. The lowest BCUT2D eigenvalue weighted by Crippen LogP contribution is -2.00. The zero-order valence-electron chi connectivity index (χ0n) is 6.07. The van der Waals surface area contributed by atoms with Gasteiger partial charge in [-0.05, 0) is 12.1 Å². The molecule has 1 rings (SSSR count). The van der Waals surface area contributed by atoms with Crippen LogP contribution in [0.2, 0.25) is 0 Å². The summed E-state index contributed by atoms with van der Waals surface area (Å²) in [4.78, 5) is 14.1. The number of pyridine rings is 1. The highest BCUT2D eigenvalue weighted by Crippen LogP contribution is 2.05. The van der Waals surface area contributed by atoms with Gasteiger partial charge in [-0.15, -0.1) is 0 Å². The predicted octanol–water partition coefficient (Wildman–Crippen LogP) is 0.182. The second-order valence-corrected chi connectivity index (χ2v) is 1.78. The highest BCUT2D eigenvalue weighted by atomic mass is 16.5. The summed E-state index contributed by atoms with van der Waals surface area (Å²) in [6, 6.07) is 3.38. The number of carbonyl (C=O) groups excluding carboxylic acids is 1. The van der Waals surface area contributed by atoms with Crippen LogP contribution in [0.3, 0.4) is 0 Å². The molecule has 0 unspecified atom stereocenters. The SMILES string of the molecule is CC(=O)Oc1cccnc1.O. The summed E-state index contributed by atoms with van der Waals surface area (Å²) in [6.45, 7) is 1.35. The number of aromatic nitrogens is 1. The van der Waals surface area contributed by atoms with E-state index in [1.807, 2.05) is 0 Å². The van der Waals surface area contributed by atoms with Gasteiger partial charge in [-0.25, -0.2) is 0 Å². The smallest absolute Gasteiger partial charge is 0.308 e. The van der Waals surface area contributed by atoms with Crippen LogP contribution in [0.15, 0.2) is 24.5 Å². The van der Waals surface area contributed by atoms with Crippen molar-refractivity contribution in [1.29, 1.82) is 0 Å². The van der Waals surface area contributed by atoms with Crippen LogP contribution in [-0.2, 0) is 4.79 Å². The normalized spacial score (nSPS) is 8.09. The Kier molecular flexibility index (Phi) is 3.84. The molecule has 2 N–H and O–H groups in total. The van der Waals surface area contributed by atoms with Crippen molar-refractivity contribution < 1.29 is 15.0 Å². The van der Waals surface area contributed by atoms with Gasteiger partial charge in [0.25, 0.3) is 0 Å². The number of nitrogens with zero attached hydrogens (tertiary/aromatic N) is 1. The van der Waals surface area contributed by atoms with E-state index in [-0.39, 0.29) is 11.4 Å². The highest BCUT2D eigenvalue weighted by molar-refractivity contribution is 5.69. The largest absolute Gasteiger partial charge is 0.425 e. The molecule has 0 aromatic carbocycles. The lowest BCUT2D eigenvalue weighted by molar-refractivity contribution is -0.131. The van der Waals surface area contributed by atoms with Gasteiger partial charge in [-0.3, -0.25) is 9.78 Å². The van der Waals surface area contributed by atoms with Gasteiger partial charge in [0.2, 0.25) is 0 Å². The minimum atomic E-state index is -0.326. The molecule has 0 amide bonds. The number of rotatable bonds is 1. The molecule has 0 atom stereocenters. The third kappa shape index (κ3) is 3.32. The Labute approximate surface area is 64.1 Å². The first-order valence-electron chi connectivity index (χ1n) is 2.87. The van der Waals surface area contributed by atoms with Crippen LogP contribution in [-0.4, -0.2) is 16.4 Å². The van der Waals surface area contributed by atoms with E-state index in [1.165, 1.54) is 13.1 Å². The standard InChI is InChI=1S/C7H7NO2.H2O/c1-6(9)10-7-3-2-4-8-5-7;/h2-5H,1H3;1H2. The van der Waals surface area contributed by atoms with Crippen LogP contribution in [0.25, 0.3) is 0 Å². The molecule has 1 heterocycles. The molecule has 0 spiro atoms. The molecule has 11 heavy (non-hydrogen) atoms. The molecule has 0 aliphatic carbocycles. The molecule has 4 nitrogen and oxygen atoms in total. The monoisotopic (exact) mass is 155 g/mol. The van der Waals surface area contributed by atoms with Gasteiger partial charge in [-0.1, -0.05) is 0 Å². The molecule has 4 heteroatoms. The van der Waals surface area contributed by atoms with Crippen molar-refractivity contribution in [3.8, 4) is 5.75 Å². The number of carbonyl (C=O) groups is 1. The van der Waals surface area contributed by atoms with Gasteiger partial charge >= 0.3 is 5.97 Å². The molecular weight excluding hydrogens is 146 g/mol. The van der Waals surface area contributed by atoms with Gasteiger partial charge in [0.1, 0.15) is 5.75 Å². The van der Waals surface area contributed by atoms with Crippen LogP contribution in [0.4, 0.5) is 0 Å². The molecule has 1 aromatic rings. The first-order chi connectivity index (χ1) is 4.79. The minimum absolute atomic E-state index is 0. The van der Waals surface area contributed by atoms with Crippen LogP contribution >= 0.6 is 0 Å². The summed E-state index contributed by atoms with van der Waals surface area (Å²) in [5.74, 6) is 0.156. The highest BCUT2D eigenvalue weighted by Gasteiger charge is 1.93. The molecule has 60 valence electrons. The molecular formula is C7H9NO3. The van der Waals surface area contributed by atoms with E-state index in [2.05, 4.69) is 4.98 Å². The van der Waals surface area contributed by atoms with Crippen LogP contribution in [0.5, 0.6) is 5.75 Å². The third-order valence-corrected chi connectivity index (χ3v) is 0.896. The molecule has 0 fully saturated rings. The van der Waals surface area contributed by atoms with Crippen molar-refractivity contribution in [3.05, 3.63) is 24.5 Å². The molecule has 0 saturated heterocycles. The van der Waals surface area contributed by atoms with E-state index in [9.17, 15) is 4.79 Å². The number of hydrogen-bond donors (Lipinski definition) is 0. The van der Waals surface area contributed by atoms with Crippen molar-refractivity contribution in [2.75, 3.05) is 0 Å². The van der Waals surface area contributed by atoms with Gasteiger partial charge < -0.3 is 10.2 Å². The molecule has 0 aliphatic rings. The van der Waals surface area contributed by atoms with E-state index in [1.54, 1.807) is 18.3 Å². The summed E-state index contributed by atoms with van der Waals surface area (Å²) < 4.78 is 4.71. The van der Waals surface area contributed by atoms with E-state index in [4.69, 9.17) is 4.74 Å². The average Bonchev–Trinajstić information content (AvgIpc) is 1.88. The van der Waals surface area contributed by atoms with Crippen molar-refractivity contribution in [2.45, 2.75) is 6.92 Å². The Hall–Kier alpha value is -1.42. The Bertz CT molecular complexity index is 222. The minimum Gasteiger partial charge on any atom is -0.425 e. The maximum Gasteiger partial charge on any atom is 0.308 e. The van der Waals surface area contributed by atoms with Crippen molar-refractivity contribution in [3.63, 3.8) is 0 Å². The summed E-state index contributed by atoms with van der Waals surface area (Å²) >= 11 is 0. The van der Waals surface area contributed by atoms with Crippen LogP contribution in [0, 0.1) is 0 Å². The zero-order chi connectivity index (χ0) is 7.40. The average molecular weight is 155 g/mol. The Morgan fingerprint density at radius 3 is 2.82 bits per heavy atom. The zero-order valence-corrected chi connectivity index (χ0v) is 6.07. The molecule has 0 radical (unpaired) electrons. The molecule has 0 saturated carbocycles. The lowest BCUT2D eigenvalue weighted by atomic mass is 10.5. The summed E-state index contributed by atoms with van der Waals surface area (Å²) in [6.07, 6.45) is 3.11. The number of hydrogen-bond acceptors (Lipinski definition) is 3. The van der Waals surface area contributed by atoms with Crippen molar-refractivity contribution >= 4 is 5.97 Å². The number of ether oxygens (including phenoxy) is 1. The van der Waals surface area contributed by atoms with E-state index < -0.39 is 0 Å². The van der Waals surface area contributed by atoms with Crippen molar-refractivity contribution in [2.24, 2.45) is 0 Å². The maximum absolute atomic E-state index is 10.4. The van der Waals surface area contributed by atoms with Gasteiger partial charge in [0, 0.05) is 13.1 Å². The lowest BCUT2D eigenvalue weighted by Gasteiger charge is -1.96. The topological polar surface area (TPSA) is 70.7 Å². The fourth-order valence-electron chi connectivity index (χ4n) is 0.573. The second-order valence-electron chi connectivity index (χ2n) is 1.78. The van der Waals surface area contributed by atoms with Crippen LogP contribution < -0.4 is 4.74 Å². The Balaban J connectivity index is 0.000001000. The van der Waals surface area contributed by atoms with Gasteiger partial charge in [0.15, 0.2) is 0 Å². The second kappa shape index (κ2) is 4.40. The van der Waals surface area contributed by atoms with E-state index in [0.29, 0.717) is 5.75 Å². The Morgan fingerprint density at radius 2 is 2.36 bits per heavy atom. The quantitative estimate of drug-likeness (QED) is 0.543. The number of esters is 1. The van der Waals surface area contributed by atoms with Crippen LogP contribution in [0.1, 0.15) is 6.92 Å². The fraction of sp³-hybridized carbons (Fsp3) is 0.143. The first kappa shape index (κ1) is 9.58. The van der Waals surface area contributed by atoms with Gasteiger partial charge in [-0.2, -0.15) is 0 Å². The van der Waals surface area contributed by atoms with Crippen molar-refractivity contribution in [1.82, 2.24) is 4.98 Å². The van der Waals surface area contributed by atoms with E-state index >= 15 is 0 Å². The predicted molar refractivity (Wildman–Crippen MR) is 39.2 cm³/mol. The summed E-state index contributed by atoms with van der Waals surface area (Å²) in [5.41, 5.74) is 0.